The summed E-state index contributed by atoms with van der Waals surface area (Å²) in [6.45, 7) is 3.87. The second-order valence-corrected chi connectivity index (χ2v) is 6.84. The maximum Gasteiger partial charge on any atom is 0.243 e. The number of aryl methyl sites for hydroxylation is 2. The molecule has 2 amide bonds. The lowest BCUT2D eigenvalue weighted by molar-refractivity contribution is -0.128. The fourth-order valence-corrected chi connectivity index (χ4v) is 3.18. The van der Waals surface area contributed by atoms with Gasteiger partial charge in [0.2, 0.25) is 11.8 Å². The van der Waals surface area contributed by atoms with Crippen LogP contribution in [-0.4, -0.2) is 34.7 Å². The number of nitrogens with one attached hydrogen (secondary N) is 2. The Kier molecular flexibility index (Phi) is 5.18. The van der Waals surface area contributed by atoms with Crippen molar-refractivity contribution in [2.45, 2.75) is 20.3 Å². The van der Waals surface area contributed by atoms with E-state index in [2.05, 4.69) is 15.7 Å². The van der Waals surface area contributed by atoms with Gasteiger partial charge in [0.1, 0.15) is 12.4 Å². The molecular formula is C18H21ClN4O3. The van der Waals surface area contributed by atoms with E-state index in [0.29, 0.717) is 17.1 Å². The van der Waals surface area contributed by atoms with E-state index in [1.165, 1.54) is 0 Å². The van der Waals surface area contributed by atoms with E-state index in [0.717, 1.165) is 22.7 Å². The van der Waals surface area contributed by atoms with Crippen molar-refractivity contribution in [1.29, 1.82) is 0 Å². The summed E-state index contributed by atoms with van der Waals surface area (Å²) in [6.07, 6.45) is 0.532. The third-order valence-corrected chi connectivity index (χ3v) is 4.73. The summed E-state index contributed by atoms with van der Waals surface area (Å²) in [7, 11) is 1.81. The first-order valence-electron chi connectivity index (χ1n) is 8.34. The number of hydrogen-bond acceptors (Lipinski definition) is 4. The van der Waals surface area contributed by atoms with Crippen LogP contribution in [0.3, 0.4) is 0 Å². The van der Waals surface area contributed by atoms with Gasteiger partial charge in [-0.25, -0.2) is 0 Å². The quantitative estimate of drug-likeness (QED) is 0.854. The van der Waals surface area contributed by atoms with Crippen LogP contribution in [0.1, 0.15) is 17.0 Å². The zero-order valence-corrected chi connectivity index (χ0v) is 15.7. The van der Waals surface area contributed by atoms with E-state index in [4.69, 9.17) is 16.3 Å². The molecule has 0 radical (unpaired) electrons. The van der Waals surface area contributed by atoms with Crippen LogP contribution in [-0.2, 0) is 23.1 Å². The normalized spacial score (nSPS) is 15.8. The zero-order valence-electron chi connectivity index (χ0n) is 14.9. The number of ether oxygens (including phenoxy) is 1. The first kappa shape index (κ1) is 18.3. The molecule has 1 aromatic carbocycles. The van der Waals surface area contributed by atoms with Crippen molar-refractivity contribution in [1.82, 2.24) is 15.1 Å². The predicted molar refractivity (Wildman–Crippen MR) is 98.5 cm³/mol. The molecule has 8 heteroatoms. The molecule has 1 aliphatic rings. The highest BCUT2D eigenvalue weighted by atomic mass is 35.5. The minimum Gasteiger partial charge on any atom is -0.492 e. The number of amides is 2. The molecule has 0 aliphatic carbocycles. The highest BCUT2D eigenvalue weighted by Gasteiger charge is 2.26. The van der Waals surface area contributed by atoms with Gasteiger partial charge in [-0.2, -0.15) is 5.10 Å². The van der Waals surface area contributed by atoms with Gasteiger partial charge in [0, 0.05) is 12.1 Å². The molecule has 0 fully saturated rings. The summed E-state index contributed by atoms with van der Waals surface area (Å²) in [5.41, 5.74) is 3.17. The van der Waals surface area contributed by atoms with E-state index in [1.807, 2.05) is 20.9 Å². The Morgan fingerprint density at radius 2 is 2.15 bits per heavy atom. The second kappa shape index (κ2) is 7.37. The second-order valence-electron chi connectivity index (χ2n) is 6.40. The lowest BCUT2D eigenvalue weighted by atomic mass is 9.96. The van der Waals surface area contributed by atoms with Crippen LogP contribution < -0.4 is 15.4 Å². The lowest BCUT2D eigenvalue weighted by Crippen LogP contribution is -2.40. The summed E-state index contributed by atoms with van der Waals surface area (Å²) in [5.74, 6) is -0.113. The number of carbonyl (C=O) groups excluding carboxylic acids is 2. The van der Waals surface area contributed by atoms with E-state index in [-0.39, 0.29) is 30.9 Å². The molecule has 0 unspecified atom stereocenters. The minimum atomic E-state index is -0.351. The number of nitrogens with zero attached hydrogens (tertiary/aromatic N) is 2. The van der Waals surface area contributed by atoms with Crippen molar-refractivity contribution in [2.24, 2.45) is 13.0 Å². The Bertz CT molecular complexity index is 862. The molecule has 0 saturated carbocycles. The molecule has 2 N–H and O–H groups in total. The molecule has 3 rings (SSSR count). The van der Waals surface area contributed by atoms with E-state index < -0.39 is 0 Å². The molecule has 0 saturated heterocycles. The predicted octanol–water partition coefficient (Wildman–Crippen LogP) is 2.00. The summed E-state index contributed by atoms with van der Waals surface area (Å²) < 4.78 is 7.32. The summed E-state index contributed by atoms with van der Waals surface area (Å²) >= 11 is 6.00. The Hall–Kier alpha value is -2.54. The van der Waals surface area contributed by atoms with Crippen LogP contribution in [0, 0.1) is 19.8 Å². The molecular weight excluding hydrogens is 356 g/mol. The van der Waals surface area contributed by atoms with Crippen molar-refractivity contribution in [3.8, 4) is 5.75 Å². The minimum absolute atomic E-state index is 0.106. The summed E-state index contributed by atoms with van der Waals surface area (Å²) in [6, 6.07) is 5.36. The zero-order chi connectivity index (χ0) is 18.8. The molecule has 26 heavy (non-hydrogen) atoms. The maximum absolute atomic E-state index is 12.4. The average molecular weight is 377 g/mol. The molecule has 1 aliphatic heterocycles. The average Bonchev–Trinajstić information content (AvgIpc) is 2.85. The van der Waals surface area contributed by atoms with Crippen LogP contribution in [0.4, 0.5) is 5.69 Å². The van der Waals surface area contributed by atoms with Crippen molar-refractivity contribution in [3.05, 3.63) is 40.2 Å². The van der Waals surface area contributed by atoms with Gasteiger partial charge in [0.25, 0.3) is 0 Å². The van der Waals surface area contributed by atoms with Gasteiger partial charge < -0.3 is 15.4 Å². The van der Waals surface area contributed by atoms with E-state index >= 15 is 0 Å². The van der Waals surface area contributed by atoms with Gasteiger partial charge in [-0.1, -0.05) is 11.6 Å². The number of halogens is 1. The fourth-order valence-electron chi connectivity index (χ4n) is 2.98. The van der Waals surface area contributed by atoms with Crippen LogP contribution in [0.2, 0.25) is 5.02 Å². The number of anilines is 1. The molecule has 2 heterocycles. The van der Waals surface area contributed by atoms with Gasteiger partial charge in [0.05, 0.1) is 29.5 Å². The molecule has 0 spiro atoms. The van der Waals surface area contributed by atoms with Crippen molar-refractivity contribution in [2.75, 3.05) is 18.5 Å². The fraction of sp³-hybridized carbons (Fsp3) is 0.389. The van der Waals surface area contributed by atoms with Gasteiger partial charge in [-0.3, -0.25) is 14.3 Å². The van der Waals surface area contributed by atoms with Crippen LogP contribution >= 0.6 is 11.6 Å². The lowest BCUT2D eigenvalue weighted by Gasteiger charge is -2.24. The Balaban J connectivity index is 1.55. The Morgan fingerprint density at radius 3 is 2.85 bits per heavy atom. The molecule has 1 atom stereocenters. The number of hydrogen-bond donors (Lipinski definition) is 2. The van der Waals surface area contributed by atoms with Crippen molar-refractivity contribution < 1.29 is 14.3 Å². The highest BCUT2D eigenvalue weighted by molar-refractivity contribution is 6.30. The highest BCUT2D eigenvalue weighted by Crippen LogP contribution is 2.29. The Morgan fingerprint density at radius 1 is 1.38 bits per heavy atom. The first-order chi connectivity index (χ1) is 12.3. The van der Waals surface area contributed by atoms with Crippen molar-refractivity contribution in [3.63, 3.8) is 0 Å². The molecule has 2 aromatic rings. The molecule has 138 valence electrons. The number of benzene rings is 1. The largest absolute Gasteiger partial charge is 0.492 e. The van der Waals surface area contributed by atoms with Gasteiger partial charge >= 0.3 is 0 Å². The molecule has 1 aromatic heterocycles. The Labute approximate surface area is 156 Å². The third-order valence-electron chi connectivity index (χ3n) is 4.50. The smallest absolute Gasteiger partial charge is 0.243 e. The van der Waals surface area contributed by atoms with Gasteiger partial charge in [-0.05, 0) is 44.0 Å². The van der Waals surface area contributed by atoms with Crippen LogP contribution in [0.25, 0.3) is 0 Å². The molecule has 7 nitrogen and oxygen atoms in total. The SMILES string of the molecule is Cc1nn(C)c(C)c1NC(=O)CNC(=O)[C@@H]1COc2ccc(Cl)cc2C1. The third kappa shape index (κ3) is 3.83. The van der Waals surface area contributed by atoms with Crippen molar-refractivity contribution >= 4 is 29.1 Å². The summed E-state index contributed by atoms with van der Waals surface area (Å²) in [4.78, 5) is 24.5. The standard InChI is InChI=1S/C18H21ClN4O3/c1-10-17(11(2)23(3)22-10)21-16(24)8-20-18(25)13-6-12-7-14(19)4-5-15(12)26-9-13/h4-5,7,13H,6,8-9H2,1-3H3,(H,20,25)(H,21,24)/t13-/m0/s1. The number of carbonyl (C=O) groups is 2. The number of rotatable bonds is 4. The van der Waals surface area contributed by atoms with Gasteiger partial charge in [-0.15, -0.1) is 0 Å². The topological polar surface area (TPSA) is 85.3 Å². The first-order valence-corrected chi connectivity index (χ1v) is 8.72. The summed E-state index contributed by atoms with van der Waals surface area (Å²) in [5, 5.41) is 10.3. The number of aromatic nitrogens is 2. The van der Waals surface area contributed by atoms with E-state index in [9.17, 15) is 9.59 Å². The van der Waals surface area contributed by atoms with Crippen LogP contribution in [0.15, 0.2) is 18.2 Å². The van der Waals surface area contributed by atoms with Gasteiger partial charge in [0.15, 0.2) is 0 Å². The maximum atomic E-state index is 12.4. The van der Waals surface area contributed by atoms with Crippen LogP contribution in [0.5, 0.6) is 5.75 Å². The number of fused-ring (bicyclic) bond motifs is 1. The monoisotopic (exact) mass is 376 g/mol. The molecule has 0 bridgehead atoms. The van der Waals surface area contributed by atoms with E-state index in [1.54, 1.807) is 22.9 Å².